The number of phenolic OH excluding ortho intramolecular Hbond substituents is 1. The van der Waals surface area contributed by atoms with E-state index in [-0.39, 0.29) is 6.10 Å². The third-order valence-corrected chi connectivity index (χ3v) is 3.44. The van der Waals surface area contributed by atoms with Gasteiger partial charge in [0.1, 0.15) is 5.75 Å². The second kappa shape index (κ2) is 6.55. The average Bonchev–Trinajstić information content (AvgIpc) is 2.45. The normalized spacial score (nSPS) is 12.7. The van der Waals surface area contributed by atoms with E-state index in [1.165, 1.54) is 0 Å². The van der Waals surface area contributed by atoms with E-state index in [2.05, 4.69) is 5.32 Å². The Hall–Kier alpha value is -1.58. The van der Waals surface area contributed by atoms with E-state index in [1.807, 2.05) is 37.3 Å². The van der Waals surface area contributed by atoms with Crippen LogP contribution in [0.4, 0.5) is 0 Å². The zero-order valence-corrected chi connectivity index (χ0v) is 11.3. The highest BCUT2D eigenvalue weighted by Crippen LogP contribution is 2.26. The van der Waals surface area contributed by atoms with E-state index in [9.17, 15) is 10.2 Å². The van der Waals surface area contributed by atoms with E-state index < -0.39 is 0 Å². The highest BCUT2D eigenvalue weighted by molar-refractivity contribution is 5.87. The number of hydrogen-bond acceptors (Lipinski definition) is 3. The van der Waals surface area contributed by atoms with Crippen molar-refractivity contribution in [3.8, 4) is 5.75 Å². The van der Waals surface area contributed by atoms with Crippen LogP contribution in [-0.4, -0.2) is 22.9 Å². The molecule has 0 heterocycles. The summed E-state index contributed by atoms with van der Waals surface area (Å²) in [6.07, 6.45) is 1.28. The Morgan fingerprint density at radius 1 is 1.16 bits per heavy atom. The van der Waals surface area contributed by atoms with Crippen LogP contribution in [0.3, 0.4) is 0 Å². The number of fused-ring (bicyclic) bond motifs is 1. The van der Waals surface area contributed by atoms with Gasteiger partial charge in [-0.3, -0.25) is 0 Å². The monoisotopic (exact) mass is 259 g/mol. The second-order valence-corrected chi connectivity index (χ2v) is 4.81. The van der Waals surface area contributed by atoms with Crippen molar-refractivity contribution in [2.75, 3.05) is 6.54 Å². The first-order chi connectivity index (χ1) is 9.22. The summed E-state index contributed by atoms with van der Waals surface area (Å²) in [5, 5.41) is 25.0. The second-order valence-electron chi connectivity index (χ2n) is 4.81. The van der Waals surface area contributed by atoms with Gasteiger partial charge in [-0.25, -0.2) is 0 Å². The molecule has 0 aliphatic heterocycles. The lowest BCUT2D eigenvalue weighted by atomic mass is 10.0. The Morgan fingerprint density at radius 2 is 1.95 bits per heavy atom. The summed E-state index contributed by atoms with van der Waals surface area (Å²) >= 11 is 0. The number of rotatable bonds is 6. The SMILES string of the molecule is CCC(O)CCNCc1c(O)ccc2ccccc12. The predicted octanol–water partition coefficient (Wildman–Crippen LogP) is 2.80. The maximum atomic E-state index is 9.97. The van der Waals surface area contributed by atoms with E-state index in [0.29, 0.717) is 12.3 Å². The van der Waals surface area contributed by atoms with E-state index in [1.54, 1.807) is 6.07 Å². The van der Waals surface area contributed by atoms with Crippen LogP contribution in [0, 0.1) is 0 Å². The van der Waals surface area contributed by atoms with Crippen LogP contribution in [0.25, 0.3) is 10.8 Å². The lowest BCUT2D eigenvalue weighted by molar-refractivity contribution is 0.159. The molecule has 0 aliphatic rings. The number of benzene rings is 2. The van der Waals surface area contributed by atoms with Gasteiger partial charge in [-0.2, -0.15) is 0 Å². The Balaban J connectivity index is 2.05. The summed E-state index contributed by atoms with van der Waals surface area (Å²) in [7, 11) is 0. The number of aromatic hydroxyl groups is 1. The molecule has 0 spiro atoms. The van der Waals surface area contributed by atoms with Crippen molar-refractivity contribution in [3.05, 3.63) is 42.0 Å². The summed E-state index contributed by atoms with van der Waals surface area (Å²) in [4.78, 5) is 0. The van der Waals surface area contributed by atoms with Crippen LogP contribution in [0.1, 0.15) is 25.3 Å². The number of phenols is 1. The summed E-state index contributed by atoms with van der Waals surface area (Å²) in [6, 6.07) is 11.7. The van der Waals surface area contributed by atoms with Gasteiger partial charge in [0, 0.05) is 12.1 Å². The van der Waals surface area contributed by atoms with E-state index in [0.717, 1.165) is 35.7 Å². The Bertz CT molecular complexity index is 539. The standard InChI is InChI=1S/C16H21NO2/c1-2-13(18)9-10-17-11-15-14-6-4-3-5-12(14)7-8-16(15)19/h3-8,13,17-19H,2,9-11H2,1H3. The molecule has 3 heteroatoms. The van der Waals surface area contributed by atoms with Crippen molar-refractivity contribution < 1.29 is 10.2 Å². The first kappa shape index (κ1) is 13.8. The summed E-state index contributed by atoms with van der Waals surface area (Å²) < 4.78 is 0. The third kappa shape index (κ3) is 3.46. The molecular weight excluding hydrogens is 238 g/mol. The molecule has 0 fully saturated rings. The fraction of sp³-hybridized carbons (Fsp3) is 0.375. The lowest BCUT2D eigenvalue weighted by Gasteiger charge is -2.12. The molecule has 1 unspecified atom stereocenters. The molecule has 2 rings (SSSR count). The summed E-state index contributed by atoms with van der Waals surface area (Å²) in [5.41, 5.74) is 0.920. The maximum absolute atomic E-state index is 9.97. The topological polar surface area (TPSA) is 52.5 Å². The highest BCUT2D eigenvalue weighted by atomic mass is 16.3. The first-order valence-electron chi connectivity index (χ1n) is 6.80. The number of nitrogens with one attached hydrogen (secondary N) is 1. The van der Waals surface area contributed by atoms with Gasteiger partial charge in [-0.05, 0) is 36.2 Å². The van der Waals surface area contributed by atoms with E-state index >= 15 is 0 Å². The molecule has 3 nitrogen and oxygen atoms in total. The molecule has 0 aromatic heterocycles. The van der Waals surface area contributed by atoms with Crippen molar-refractivity contribution in [3.63, 3.8) is 0 Å². The molecule has 2 aromatic carbocycles. The van der Waals surface area contributed by atoms with Crippen molar-refractivity contribution in [1.82, 2.24) is 5.32 Å². The Labute approximate surface area is 113 Å². The molecule has 1 atom stereocenters. The lowest BCUT2D eigenvalue weighted by Crippen LogP contribution is -2.19. The average molecular weight is 259 g/mol. The van der Waals surface area contributed by atoms with Crippen LogP contribution in [0.2, 0.25) is 0 Å². The van der Waals surface area contributed by atoms with Crippen molar-refractivity contribution >= 4 is 10.8 Å². The van der Waals surface area contributed by atoms with Gasteiger partial charge in [0.05, 0.1) is 6.10 Å². The summed E-state index contributed by atoms with van der Waals surface area (Å²) in [5.74, 6) is 0.322. The number of hydrogen-bond donors (Lipinski definition) is 3. The van der Waals surface area contributed by atoms with Crippen LogP contribution >= 0.6 is 0 Å². The quantitative estimate of drug-likeness (QED) is 0.699. The number of aliphatic hydroxyl groups is 1. The van der Waals surface area contributed by atoms with Crippen molar-refractivity contribution in [1.29, 1.82) is 0 Å². The largest absolute Gasteiger partial charge is 0.508 e. The molecule has 0 saturated heterocycles. The maximum Gasteiger partial charge on any atom is 0.120 e. The van der Waals surface area contributed by atoms with Gasteiger partial charge in [-0.1, -0.05) is 37.3 Å². The molecule has 0 bridgehead atoms. The van der Waals surface area contributed by atoms with Gasteiger partial charge in [0.15, 0.2) is 0 Å². The smallest absolute Gasteiger partial charge is 0.120 e. The van der Waals surface area contributed by atoms with Crippen LogP contribution in [0.5, 0.6) is 5.75 Å². The van der Waals surface area contributed by atoms with Gasteiger partial charge in [-0.15, -0.1) is 0 Å². The van der Waals surface area contributed by atoms with Gasteiger partial charge in [0.25, 0.3) is 0 Å². The minimum atomic E-state index is -0.242. The fourth-order valence-electron chi connectivity index (χ4n) is 2.20. The van der Waals surface area contributed by atoms with Crippen LogP contribution < -0.4 is 5.32 Å². The Morgan fingerprint density at radius 3 is 2.74 bits per heavy atom. The Kier molecular flexibility index (Phi) is 4.77. The third-order valence-electron chi connectivity index (χ3n) is 3.44. The van der Waals surface area contributed by atoms with Gasteiger partial charge >= 0.3 is 0 Å². The van der Waals surface area contributed by atoms with Gasteiger partial charge in [0.2, 0.25) is 0 Å². The minimum absolute atomic E-state index is 0.242. The molecule has 0 aliphatic carbocycles. The molecule has 0 saturated carbocycles. The molecule has 0 radical (unpaired) electrons. The zero-order valence-electron chi connectivity index (χ0n) is 11.3. The van der Waals surface area contributed by atoms with Crippen LogP contribution in [-0.2, 0) is 6.54 Å². The molecule has 0 amide bonds. The molecule has 2 aromatic rings. The van der Waals surface area contributed by atoms with Crippen LogP contribution in [0.15, 0.2) is 36.4 Å². The molecule has 19 heavy (non-hydrogen) atoms. The summed E-state index contributed by atoms with van der Waals surface area (Å²) in [6.45, 7) is 3.34. The first-order valence-corrected chi connectivity index (χ1v) is 6.80. The zero-order chi connectivity index (χ0) is 13.7. The van der Waals surface area contributed by atoms with Gasteiger partial charge < -0.3 is 15.5 Å². The predicted molar refractivity (Wildman–Crippen MR) is 78.2 cm³/mol. The molecular formula is C16H21NO2. The van der Waals surface area contributed by atoms with Crippen molar-refractivity contribution in [2.45, 2.75) is 32.4 Å². The van der Waals surface area contributed by atoms with Crippen molar-refractivity contribution in [2.24, 2.45) is 0 Å². The molecule has 102 valence electrons. The highest BCUT2D eigenvalue weighted by Gasteiger charge is 2.06. The number of aliphatic hydroxyl groups excluding tert-OH is 1. The molecule has 3 N–H and O–H groups in total. The minimum Gasteiger partial charge on any atom is -0.508 e. The van der Waals surface area contributed by atoms with E-state index in [4.69, 9.17) is 0 Å². The fourth-order valence-corrected chi connectivity index (χ4v) is 2.20.